The van der Waals surface area contributed by atoms with E-state index in [1.54, 1.807) is 14.0 Å². The van der Waals surface area contributed by atoms with Gasteiger partial charge < -0.3 is 9.64 Å². The van der Waals surface area contributed by atoms with Crippen molar-refractivity contribution in [3.8, 4) is 5.75 Å². The van der Waals surface area contributed by atoms with Crippen molar-refractivity contribution in [2.45, 2.75) is 50.7 Å². The predicted molar refractivity (Wildman–Crippen MR) is 101 cm³/mol. The zero-order valence-electron chi connectivity index (χ0n) is 15.9. The molecule has 1 unspecified atom stereocenters. The summed E-state index contributed by atoms with van der Waals surface area (Å²) < 4.78 is 9.09. The highest BCUT2D eigenvalue weighted by Crippen LogP contribution is 2.40. The van der Waals surface area contributed by atoms with Crippen molar-refractivity contribution in [1.29, 1.82) is 0 Å². The Hall–Kier alpha value is -2.57. The van der Waals surface area contributed by atoms with E-state index < -0.39 is 6.10 Å². The average molecular weight is 370 g/mol. The van der Waals surface area contributed by atoms with Crippen LogP contribution in [0.5, 0.6) is 5.75 Å². The van der Waals surface area contributed by atoms with Crippen LogP contribution in [0, 0.1) is 0 Å². The zero-order valence-corrected chi connectivity index (χ0v) is 15.9. The first kappa shape index (κ1) is 17.8. The van der Waals surface area contributed by atoms with Gasteiger partial charge in [0, 0.05) is 32.1 Å². The zero-order chi connectivity index (χ0) is 19.0. The van der Waals surface area contributed by atoms with E-state index in [9.17, 15) is 9.59 Å². The first-order valence-electron chi connectivity index (χ1n) is 9.70. The lowest BCUT2D eigenvalue weighted by molar-refractivity contribution is -0.139. The third kappa shape index (κ3) is 3.63. The van der Waals surface area contributed by atoms with Crippen molar-refractivity contribution < 1.29 is 9.53 Å². The number of amides is 1. The van der Waals surface area contributed by atoms with Gasteiger partial charge in [-0.05, 0) is 44.7 Å². The Balaban J connectivity index is 1.39. The maximum atomic E-state index is 12.7. The summed E-state index contributed by atoms with van der Waals surface area (Å²) in [7, 11) is 1.71. The first-order valence-corrected chi connectivity index (χ1v) is 9.70. The van der Waals surface area contributed by atoms with Crippen molar-refractivity contribution in [1.82, 2.24) is 19.2 Å². The molecule has 0 radical (unpaired) electrons. The van der Waals surface area contributed by atoms with Gasteiger partial charge in [-0.2, -0.15) is 5.10 Å². The number of hydrogen-bond acceptors (Lipinski definition) is 4. The van der Waals surface area contributed by atoms with Gasteiger partial charge in [0.25, 0.3) is 5.91 Å². The van der Waals surface area contributed by atoms with Crippen LogP contribution >= 0.6 is 0 Å². The molecule has 0 spiro atoms. The summed E-state index contributed by atoms with van der Waals surface area (Å²) in [6.07, 6.45) is 3.25. The minimum Gasteiger partial charge on any atom is -0.481 e. The van der Waals surface area contributed by atoms with E-state index in [1.165, 1.54) is 4.68 Å². The number of carbonyl (C=O) groups excluding carboxylic acids is 1. The van der Waals surface area contributed by atoms with Crippen molar-refractivity contribution in [2.75, 3.05) is 13.1 Å². The van der Waals surface area contributed by atoms with Crippen LogP contribution in [0.2, 0.25) is 0 Å². The molecule has 7 nitrogen and oxygen atoms in total. The molecule has 0 bridgehead atoms. The number of aryl methyl sites for hydroxylation is 1. The molecular weight excluding hydrogens is 344 g/mol. The van der Waals surface area contributed by atoms with Gasteiger partial charge in [-0.3, -0.25) is 9.36 Å². The van der Waals surface area contributed by atoms with E-state index >= 15 is 0 Å². The number of ether oxygens (including phenoxy) is 1. The van der Waals surface area contributed by atoms with Crippen molar-refractivity contribution in [2.24, 2.45) is 7.05 Å². The second-order valence-electron chi connectivity index (χ2n) is 7.54. The molecule has 4 rings (SSSR count). The molecule has 1 aromatic carbocycles. The number of piperidine rings is 1. The summed E-state index contributed by atoms with van der Waals surface area (Å²) in [4.78, 5) is 27.1. The Morgan fingerprint density at radius 2 is 1.81 bits per heavy atom. The molecule has 2 aromatic rings. The second kappa shape index (κ2) is 7.21. The van der Waals surface area contributed by atoms with Crippen LogP contribution < -0.4 is 10.4 Å². The van der Waals surface area contributed by atoms with E-state index in [-0.39, 0.29) is 17.6 Å². The van der Waals surface area contributed by atoms with E-state index in [0.717, 1.165) is 31.5 Å². The number of para-hydroxylation sites is 1. The monoisotopic (exact) mass is 370 g/mol. The van der Waals surface area contributed by atoms with E-state index in [0.29, 0.717) is 24.8 Å². The highest BCUT2D eigenvalue weighted by Gasteiger charge is 2.35. The molecule has 7 heteroatoms. The molecule has 1 saturated heterocycles. The summed E-state index contributed by atoms with van der Waals surface area (Å²) >= 11 is 0. The van der Waals surface area contributed by atoms with Crippen LogP contribution in [0.15, 0.2) is 35.1 Å². The summed E-state index contributed by atoms with van der Waals surface area (Å²) in [5.41, 5.74) is -0.0394. The van der Waals surface area contributed by atoms with Crippen molar-refractivity contribution in [3.63, 3.8) is 0 Å². The number of aromatic nitrogens is 3. The summed E-state index contributed by atoms with van der Waals surface area (Å²) in [6, 6.07) is 9.52. The Labute approximate surface area is 158 Å². The number of hydrogen-bond donors (Lipinski definition) is 0. The van der Waals surface area contributed by atoms with Crippen LogP contribution in [0.4, 0.5) is 0 Å². The molecule has 1 amide bonds. The second-order valence-corrected chi connectivity index (χ2v) is 7.54. The highest BCUT2D eigenvalue weighted by molar-refractivity contribution is 5.81. The summed E-state index contributed by atoms with van der Waals surface area (Å²) in [5, 5.41) is 4.44. The number of rotatable bonds is 5. The average Bonchev–Trinajstić information content (AvgIpc) is 3.48. The smallest absolute Gasteiger partial charge is 0.345 e. The Kier molecular flexibility index (Phi) is 4.76. The molecule has 1 aromatic heterocycles. The number of carbonyl (C=O) groups is 1. The fraction of sp³-hybridized carbons (Fsp3) is 0.550. The number of benzene rings is 1. The molecule has 2 fully saturated rings. The van der Waals surface area contributed by atoms with Gasteiger partial charge >= 0.3 is 5.69 Å². The van der Waals surface area contributed by atoms with Gasteiger partial charge in [0.05, 0.1) is 0 Å². The van der Waals surface area contributed by atoms with Gasteiger partial charge in [0.15, 0.2) is 6.10 Å². The van der Waals surface area contributed by atoms with E-state index in [1.807, 2.05) is 39.8 Å². The highest BCUT2D eigenvalue weighted by atomic mass is 16.5. The lowest BCUT2D eigenvalue weighted by atomic mass is 10.0. The SMILES string of the molecule is CC(Oc1ccccc1)C(=O)N1CCC(n2c(C3CC3)nn(C)c2=O)CC1. The lowest BCUT2D eigenvalue weighted by Gasteiger charge is -2.34. The molecule has 1 aliphatic heterocycles. The van der Waals surface area contributed by atoms with Gasteiger partial charge in [-0.25, -0.2) is 9.48 Å². The van der Waals surface area contributed by atoms with Crippen LogP contribution in [0.3, 0.4) is 0 Å². The standard InChI is InChI=1S/C20H26N4O3/c1-14(27-17-6-4-3-5-7-17)19(25)23-12-10-16(11-13-23)24-18(15-8-9-15)21-22(2)20(24)26/h3-7,14-16H,8-13H2,1-2H3. The van der Waals surface area contributed by atoms with Gasteiger partial charge in [-0.15, -0.1) is 0 Å². The maximum absolute atomic E-state index is 12.7. The number of nitrogens with zero attached hydrogens (tertiary/aromatic N) is 4. The summed E-state index contributed by atoms with van der Waals surface area (Å²) in [5.74, 6) is 2.05. The first-order chi connectivity index (χ1) is 13.0. The molecule has 27 heavy (non-hydrogen) atoms. The molecule has 2 heterocycles. The van der Waals surface area contributed by atoms with Crippen LogP contribution in [-0.4, -0.2) is 44.3 Å². The third-order valence-electron chi connectivity index (χ3n) is 5.47. The molecule has 144 valence electrons. The van der Waals surface area contributed by atoms with E-state index in [2.05, 4.69) is 5.10 Å². The molecular formula is C20H26N4O3. The minimum atomic E-state index is -0.521. The fourth-order valence-corrected chi connectivity index (χ4v) is 3.82. The van der Waals surface area contributed by atoms with Crippen LogP contribution in [0.25, 0.3) is 0 Å². The normalized spacial score (nSPS) is 19.1. The van der Waals surface area contributed by atoms with Crippen molar-refractivity contribution in [3.05, 3.63) is 46.6 Å². The largest absolute Gasteiger partial charge is 0.481 e. The Bertz CT molecular complexity index is 861. The molecule has 1 saturated carbocycles. The van der Waals surface area contributed by atoms with Crippen LogP contribution in [0.1, 0.15) is 50.4 Å². The predicted octanol–water partition coefficient (Wildman–Crippen LogP) is 2.09. The van der Waals surface area contributed by atoms with Gasteiger partial charge in [0.1, 0.15) is 11.6 Å². The maximum Gasteiger partial charge on any atom is 0.345 e. The van der Waals surface area contributed by atoms with Crippen molar-refractivity contribution >= 4 is 5.91 Å². The molecule has 0 N–H and O–H groups in total. The molecule has 1 aliphatic carbocycles. The summed E-state index contributed by atoms with van der Waals surface area (Å²) in [6.45, 7) is 3.06. The van der Waals surface area contributed by atoms with Crippen LogP contribution in [-0.2, 0) is 11.8 Å². The third-order valence-corrected chi connectivity index (χ3v) is 5.47. The fourth-order valence-electron chi connectivity index (χ4n) is 3.82. The lowest BCUT2D eigenvalue weighted by Crippen LogP contribution is -2.46. The Morgan fingerprint density at radius 1 is 1.15 bits per heavy atom. The molecule has 2 aliphatic rings. The van der Waals surface area contributed by atoms with Gasteiger partial charge in [0.2, 0.25) is 0 Å². The molecule has 1 atom stereocenters. The minimum absolute atomic E-state index is 0.00162. The topological polar surface area (TPSA) is 69.4 Å². The van der Waals surface area contributed by atoms with E-state index in [4.69, 9.17) is 4.74 Å². The number of likely N-dealkylation sites (tertiary alicyclic amines) is 1. The van der Waals surface area contributed by atoms with Gasteiger partial charge in [-0.1, -0.05) is 18.2 Å². The quantitative estimate of drug-likeness (QED) is 0.808. The Morgan fingerprint density at radius 3 is 2.44 bits per heavy atom.